The van der Waals surface area contributed by atoms with Crippen LogP contribution < -0.4 is 5.56 Å². The molecule has 3 heterocycles. The predicted molar refractivity (Wildman–Crippen MR) is 87.8 cm³/mol. The Morgan fingerprint density at radius 1 is 1.14 bits per heavy atom. The Kier molecular flexibility index (Phi) is 2.80. The molecule has 0 N–H and O–H groups in total. The fourth-order valence-corrected chi connectivity index (χ4v) is 3.54. The number of hydrogen-bond acceptors (Lipinski definition) is 5. The van der Waals surface area contributed by atoms with Crippen LogP contribution in [0, 0.1) is 13.8 Å². The van der Waals surface area contributed by atoms with Crippen LogP contribution in [-0.2, 0) is 0 Å². The first-order chi connectivity index (χ1) is 10.6. The van der Waals surface area contributed by atoms with Crippen molar-refractivity contribution >= 4 is 31.8 Å². The molecule has 0 aliphatic heterocycles. The molecule has 6 heteroatoms. The number of benzene rings is 1. The second-order valence-electron chi connectivity index (χ2n) is 5.23. The lowest BCUT2D eigenvalue weighted by molar-refractivity contribution is 0.740. The van der Waals surface area contributed by atoms with Crippen molar-refractivity contribution in [3.8, 4) is 5.69 Å². The highest BCUT2D eigenvalue weighted by Gasteiger charge is 2.14. The molecular formula is C16H12N4OS. The fourth-order valence-electron chi connectivity index (χ4n) is 2.46. The zero-order valence-corrected chi connectivity index (χ0v) is 12.9. The maximum atomic E-state index is 12.7. The van der Waals surface area contributed by atoms with Crippen molar-refractivity contribution in [2.45, 2.75) is 13.8 Å². The Morgan fingerprint density at radius 2 is 2.00 bits per heavy atom. The van der Waals surface area contributed by atoms with E-state index in [9.17, 15) is 4.79 Å². The zero-order valence-electron chi connectivity index (χ0n) is 12.1. The van der Waals surface area contributed by atoms with Crippen molar-refractivity contribution < 1.29 is 0 Å². The van der Waals surface area contributed by atoms with E-state index >= 15 is 0 Å². The van der Waals surface area contributed by atoms with Gasteiger partial charge in [0.1, 0.15) is 15.0 Å². The van der Waals surface area contributed by atoms with E-state index < -0.39 is 0 Å². The number of thiophene rings is 1. The highest BCUT2D eigenvalue weighted by Crippen LogP contribution is 2.28. The van der Waals surface area contributed by atoms with Gasteiger partial charge in [0.05, 0.1) is 5.69 Å². The summed E-state index contributed by atoms with van der Waals surface area (Å²) in [4.78, 5) is 18.0. The third kappa shape index (κ3) is 1.92. The van der Waals surface area contributed by atoms with E-state index in [1.165, 1.54) is 16.0 Å². The summed E-state index contributed by atoms with van der Waals surface area (Å²) in [6, 6.07) is 11.5. The van der Waals surface area contributed by atoms with Crippen LogP contribution in [0.3, 0.4) is 0 Å². The summed E-state index contributed by atoms with van der Waals surface area (Å²) in [5.41, 5.74) is 3.18. The maximum Gasteiger partial charge on any atom is 0.292 e. The number of hydrogen-bond donors (Lipinski definition) is 0. The molecule has 0 fully saturated rings. The summed E-state index contributed by atoms with van der Waals surface area (Å²) >= 11 is 1.37. The molecule has 0 amide bonds. The molecule has 0 saturated carbocycles. The standard InChI is InChI=1S/C16H12N4OS/c1-9-4-3-5-11(8-9)20-16(21)14-13(18-19-20)12-7-6-10(2)17-15(12)22-14/h3-8H,1-2H3. The molecule has 3 aromatic heterocycles. The molecule has 4 rings (SSSR count). The Bertz CT molecular complexity index is 1080. The minimum Gasteiger partial charge on any atom is -0.266 e. The average Bonchev–Trinajstić information content (AvgIpc) is 2.86. The number of fused-ring (bicyclic) bond motifs is 3. The van der Waals surface area contributed by atoms with Crippen molar-refractivity contribution in [1.29, 1.82) is 0 Å². The molecule has 0 atom stereocenters. The number of aryl methyl sites for hydroxylation is 2. The molecule has 0 bridgehead atoms. The van der Waals surface area contributed by atoms with Crippen LogP contribution in [0.15, 0.2) is 41.2 Å². The number of nitrogens with zero attached hydrogens (tertiary/aromatic N) is 4. The first-order valence-corrected chi connectivity index (χ1v) is 7.68. The highest BCUT2D eigenvalue weighted by molar-refractivity contribution is 7.25. The SMILES string of the molecule is Cc1cccc(-n2nnc3c(sc4nc(C)ccc43)c2=O)c1. The Hall–Kier alpha value is -2.60. The first kappa shape index (κ1) is 13.1. The van der Waals surface area contributed by atoms with Crippen LogP contribution in [0.25, 0.3) is 26.1 Å². The minimum atomic E-state index is -0.156. The van der Waals surface area contributed by atoms with Gasteiger partial charge in [0.2, 0.25) is 0 Å². The monoisotopic (exact) mass is 308 g/mol. The largest absolute Gasteiger partial charge is 0.292 e. The van der Waals surface area contributed by atoms with Gasteiger partial charge in [0.25, 0.3) is 5.56 Å². The normalized spacial score (nSPS) is 11.4. The average molecular weight is 308 g/mol. The van der Waals surface area contributed by atoms with Crippen LogP contribution in [-0.4, -0.2) is 20.0 Å². The van der Waals surface area contributed by atoms with Crippen LogP contribution >= 0.6 is 11.3 Å². The topological polar surface area (TPSA) is 60.7 Å². The second kappa shape index (κ2) is 4.71. The van der Waals surface area contributed by atoms with Crippen LogP contribution in [0.5, 0.6) is 0 Å². The molecular weight excluding hydrogens is 296 g/mol. The summed E-state index contributed by atoms with van der Waals surface area (Å²) in [5, 5.41) is 9.23. The lowest BCUT2D eigenvalue weighted by atomic mass is 10.2. The van der Waals surface area contributed by atoms with Gasteiger partial charge in [-0.3, -0.25) is 4.79 Å². The third-order valence-electron chi connectivity index (χ3n) is 3.54. The molecule has 1 aromatic carbocycles. The van der Waals surface area contributed by atoms with Gasteiger partial charge < -0.3 is 0 Å². The molecule has 0 spiro atoms. The van der Waals surface area contributed by atoms with Gasteiger partial charge in [0.15, 0.2) is 0 Å². The molecule has 0 unspecified atom stereocenters. The van der Waals surface area contributed by atoms with Crippen LogP contribution in [0.1, 0.15) is 11.3 Å². The maximum absolute atomic E-state index is 12.7. The molecule has 0 radical (unpaired) electrons. The van der Waals surface area contributed by atoms with E-state index in [4.69, 9.17) is 0 Å². The second-order valence-corrected chi connectivity index (χ2v) is 6.23. The number of pyridine rings is 1. The molecule has 22 heavy (non-hydrogen) atoms. The molecule has 0 aliphatic carbocycles. The van der Waals surface area contributed by atoms with Crippen molar-refractivity contribution in [2.75, 3.05) is 0 Å². The van der Waals surface area contributed by atoms with E-state index in [-0.39, 0.29) is 5.56 Å². The smallest absolute Gasteiger partial charge is 0.266 e. The summed E-state index contributed by atoms with van der Waals surface area (Å²) < 4.78 is 1.93. The van der Waals surface area contributed by atoms with Gasteiger partial charge in [-0.05, 0) is 43.7 Å². The van der Waals surface area contributed by atoms with Gasteiger partial charge in [-0.25, -0.2) is 4.98 Å². The lowest BCUT2D eigenvalue weighted by Gasteiger charge is -2.03. The molecule has 0 aliphatic rings. The Balaban J connectivity index is 2.05. The van der Waals surface area contributed by atoms with Gasteiger partial charge in [-0.15, -0.1) is 16.4 Å². The molecule has 0 saturated heterocycles. The van der Waals surface area contributed by atoms with Gasteiger partial charge in [-0.1, -0.05) is 17.3 Å². The van der Waals surface area contributed by atoms with E-state index in [0.29, 0.717) is 10.2 Å². The molecule has 5 nitrogen and oxygen atoms in total. The first-order valence-electron chi connectivity index (χ1n) is 6.86. The third-order valence-corrected chi connectivity index (χ3v) is 4.61. The van der Waals surface area contributed by atoms with Crippen LogP contribution in [0.4, 0.5) is 0 Å². The van der Waals surface area contributed by atoms with E-state index in [0.717, 1.165) is 27.2 Å². The van der Waals surface area contributed by atoms with Crippen molar-refractivity contribution in [1.82, 2.24) is 20.0 Å². The summed E-state index contributed by atoms with van der Waals surface area (Å²) in [5.74, 6) is 0. The van der Waals surface area contributed by atoms with Crippen molar-refractivity contribution in [3.63, 3.8) is 0 Å². The molecule has 4 aromatic rings. The highest BCUT2D eigenvalue weighted by atomic mass is 32.1. The van der Waals surface area contributed by atoms with E-state index in [2.05, 4.69) is 15.3 Å². The summed E-state index contributed by atoms with van der Waals surface area (Å²) in [6.07, 6.45) is 0. The Morgan fingerprint density at radius 3 is 2.82 bits per heavy atom. The van der Waals surface area contributed by atoms with E-state index in [1.807, 2.05) is 50.2 Å². The summed E-state index contributed by atoms with van der Waals surface area (Å²) in [7, 11) is 0. The fraction of sp³-hybridized carbons (Fsp3) is 0.125. The number of aromatic nitrogens is 4. The van der Waals surface area contributed by atoms with E-state index in [1.54, 1.807) is 0 Å². The van der Waals surface area contributed by atoms with Gasteiger partial charge in [-0.2, -0.15) is 4.68 Å². The van der Waals surface area contributed by atoms with Gasteiger partial charge in [0, 0.05) is 11.1 Å². The quantitative estimate of drug-likeness (QED) is 0.542. The molecule has 108 valence electrons. The van der Waals surface area contributed by atoms with Gasteiger partial charge >= 0.3 is 0 Å². The Labute approximate surface area is 129 Å². The zero-order chi connectivity index (χ0) is 15.3. The summed E-state index contributed by atoms with van der Waals surface area (Å²) in [6.45, 7) is 3.91. The van der Waals surface area contributed by atoms with Crippen molar-refractivity contribution in [3.05, 3.63) is 58.0 Å². The number of rotatable bonds is 1. The lowest BCUT2D eigenvalue weighted by Crippen LogP contribution is -2.21. The minimum absolute atomic E-state index is 0.156. The predicted octanol–water partition coefficient (Wildman–Crippen LogP) is 3.01. The van der Waals surface area contributed by atoms with Crippen molar-refractivity contribution in [2.24, 2.45) is 0 Å². The van der Waals surface area contributed by atoms with Crippen LogP contribution in [0.2, 0.25) is 0 Å².